The van der Waals surface area contributed by atoms with Gasteiger partial charge in [-0.25, -0.2) is 0 Å². The van der Waals surface area contributed by atoms with E-state index in [0.717, 1.165) is 44.9 Å². The first-order valence-corrected chi connectivity index (χ1v) is 9.96. The smallest absolute Gasteiger partial charge is 0.167 e. The Morgan fingerprint density at radius 3 is 2.64 bits per heavy atom. The molecule has 4 aliphatic carbocycles. The van der Waals surface area contributed by atoms with Crippen LogP contribution in [0.1, 0.15) is 72.1 Å². The van der Waals surface area contributed by atoms with Crippen LogP contribution in [0.5, 0.6) is 0 Å². The van der Waals surface area contributed by atoms with Crippen molar-refractivity contribution in [2.45, 2.75) is 78.2 Å². The Morgan fingerprint density at radius 1 is 1.16 bits per heavy atom. The molecule has 5 atom stereocenters. The van der Waals surface area contributed by atoms with Gasteiger partial charge in [0, 0.05) is 11.8 Å². The highest BCUT2D eigenvalue weighted by Gasteiger charge is 2.62. The lowest BCUT2D eigenvalue weighted by atomic mass is 9.51. The lowest BCUT2D eigenvalue weighted by molar-refractivity contribution is -0.144. The van der Waals surface area contributed by atoms with Crippen LogP contribution in [0.3, 0.4) is 0 Å². The number of fused-ring (bicyclic) bond motifs is 4. The summed E-state index contributed by atoms with van der Waals surface area (Å²) in [5, 5.41) is 9.96. The van der Waals surface area contributed by atoms with Gasteiger partial charge in [-0.3, -0.25) is 9.59 Å². The minimum Gasteiger partial charge on any atom is -0.386 e. The summed E-state index contributed by atoms with van der Waals surface area (Å²) in [5.74, 6) is 1.43. The van der Waals surface area contributed by atoms with E-state index >= 15 is 0 Å². The number of hydrogen-bond donors (Lipinski definition) is 1. The minimum absolute atomic E-state index is 0.0124. The van der Waals surface area contributed by atoms with E-state index in [2.05, 4.69) is 13.8 Å². The van der Waals surface area contributed by atoms with Crippen LogP contribution in [0.15, 0.2) is 22.8 Å². The predicted octanol–water partition coefficient (Wildman–Crippen LogP) is 4.15. The van der Waals surface area contributed by atoms with E-state index in [1.807, 2.05) is 6.08 Å². The van der Waals surface area contributed by atoms with Gasteiger partial charge in [-0.15, -0.1) is 0 Å². The molecule has 0 radical (unpaired) electrons. The van der Waals surface area contributed by atoms with Crippen molar-refractivity contribution in [2.24, 2.45) is 22.7 Å². The first-order chi connectivity index (χ1) is 11.8. The number of Topliss-reactive ketones (excluding diaryl/α,β-unsaturated/α-hetero) is 1. The van der Waals surface area contributed by atoms with E-state index in [0.29, 0.717) is 18.3 Å². The van der Waals surface area contributed by atoms with Crippen molar-refractivity contribution in [3.05, 3.63) is 22.8 Å². The number of carbonyl (C=O) groups excluding carboxylic acids is 2. The summed E-state index contributed by atoms with van der Waals surface area (Å²) in [6.07, 6.45) is 8.82. The molecule has 0 heterocycles. The maximum Gasteiger partial charge on any atom is 0.167 e. The van der Waals surface area contributed by atoms with Gasteiger partial charge in [-0.05, 0) is 86.3 Å². The first-order valence-electron chi connectivity index (χ1n) is 9.96. The molecule has 136 valence electrons. The fourth-order valence-electron chi connectivity index (χ4n) is 6.67. The number of aliphatic hydroxyl groups excluding tert-OH is 1. The maximum absolute atomic E-state index is 12.8. The van der Waals surface area contributed by atoms with Crippen LogP contribution in [0, 0.1) is 22.7 Å². The normalized spacial score (nSPS) is 41.6. The van der Waals surface area contributed by atoms with Crippen molar-refractivity contribution < 1.29 is 14.7 Å². The van der Waals surface area contributed by atoms with Crippen molar-refractivity contribution >= 4 is 11.6 Å². The van der Waals surface area contributed by atoms with Gasteiger partial charge in [0.15, 0.2) is 11.6 Å². The SMILES string of the molecule is C[C@H](O)C(=O)[C@@]1(C)CCC2[C@@H]3CCC4=CC(=O)CCC4=C3CC[C@@]21C. The lowest BCUT2D eigenvalue weighted by Gasteiger charge is -2.52. The second kappa shape index (κ2) is 5.64. The number of aliphatic hydroxyl groups is 1. The number of rotatable bonds is 2. The highest BCUT2D eigenvalue weighted by atomic mass is 16.3. The highest BCUT2D eigenvalue weighted by molar-refractivity contribution is 5.93. The summed E-state index contributed by atoms with van der Waals surface area (Å²) in [7, 11) is 0. The zero-order valence-electron chi connectivity index (χ0n) is 15.7. The van der Waals surface area contributed by atoms with E-state index < -0.39 is 11.5 Å². The van der Waals surface area contributed by atoms with E-state index in [1.54, 1.807) is 12.5 Å². The molecular formula is C22H30O3. The Morgan fingerprint density at radius 2 is 1.92 bits per heavy atom. The van der Waals surface area contributed by atoms with Gasteiger partial charge in [0.25, 0.3) is 0 Å². The van der Waals surface area contributed by atoms with Crippen LogP contribution >= 0.6 is 0 Å². The molecule has 0 amide bonds. The van der Waals surface area contributed by atoms with Crippen LogP contribution in [0.4, 0.5) is 0 Å². The van der Waals surface area contributed by atoms with Crippen LogP contribution in [-0.4, -0.2) is 22.8 Å². The van der Waals surface area contributed by atoms with E-state index in [1.165, 1.54) is 11.1 Å². The number of ketones is 2. The van der Waals surface area contributed by atoms with Gasteiger partial charge in [0.1, 0.15) is 6.10 Å². The number of carbonyl (C=O) groups is 2. The molecule has 0 saturated heterocycles. The van der Waals surface area contributed by atoms with Crippen molar-refractivity contribution in [3.8, 4) is 0 Å². The third kappa shape index (κ3) is 2.27. The lowest BCUT2D eigenvalue weighted by Crippen LogP contribution is -2.50. The first kappa shape index (κ1) is 17.2. The topological polar surface area (TPSA) is 54.4 Å². The fraction of sp³-hybridized carbons (Fsp3) is 0.727. The van der Waals surface area contributed by atoms with Gasteiger partial charge in [-0.1, -0.05) is 19.4 Å². The van der Waals surface area contributed by atoms with Gasteiger partial charge in [0.05, 0.1) is 0 Å². The molecule has 2 fully saturated rings. The maximum atomic E-state index is 12.8. The summed E-state index contributed by atoms with van der Waals surface area (Å²) < 4.78 is 0. The minimum atomic E-state index is -0.870. The molecule has 1 unspecified atom stereocenters. The third-order valence-electron chi connectivity index (χ3n) is 8.26. The summed E-state index contributed by atoms with van der Waals surface area (Å²) in [5.41, 5.74) is 3.96. The van der Waals surface area contributed by atoms with Crippen LogP contribution in [0.25, 0.3) is 0 Å². The third-order valence-corrected chi connectivity index (χ3v) is 8.26. The fourth-order valence-corrected chi connectivity index (χ4v) is 6.67. The molecule has 2 saturated carbocycles. The Kier molecular flexibility index (Phi) is 3.88. The average Bonchev–Trinajstić information content (AvgIpc) is 2.86. The summed E-state index contributed by atoms with van der Waals surface area (Å²) >= 11 is 0. The molecule has 1 N–H and O–H groups in total. The number of allylic oxidation sites excluding steroid dienone is 4. The monoisotopic (exact) mass is 342 g/mol. The molecule has 0 spiro atoms. The summed E-state index contributed by atoms with van der Waals surface area (Å²) in [6.45, 7) is 6.03. The summed E-state index contributed by atoms with van der Waals surface area (Å²) in [4.78, 5) is 24.6. The highest BCUT2D eigenvalue weighted by Crippen LogP contribution is 2.67. The van der Waals surface area contributed by atoms with E-state index in [9.17, 15) is 14.7 Å². The molecule has 3 nitrogen and oxygen atoms in total. The molecule has 4 rings (SSSR count). The molecule has 0 aromatic heterocycles. The van der Waals surface area contributed by atoms with Crippen molar-refractivity contribution in [1.29, 1.82) is 0 Å². The Labute approximate surface area is 150 Å². The quantitative estimate of drug-likeness (QED) is 0.820. The standard InChI is InChI=1S/C22H30O3/c1-13(23)20(25)22(3)11-9-19-18-6-4-14-12-15(24)5-7-16(14)17(18)8-10-21(19,22)2/h12-13,18-19,23H,4-11H2,1-3H3/t13-,18+,19?,21-,22+/m0/s1. The second-order valence-electron chi connectivity index (χ2n) is 9.22. The van der Waals surface area contributed by atoms with Crippen LogP contribution in [0.2, 0.25) is 0 Å². The number of hydrogen-bond acceptors (Lipinski definition) is 3. The Balaban J connectivity index is 1.72. The molecule has 0 bridgehead atoms. The van der Waals surface area contributed by atoms with Crippen LogP contribution < -0.4 is 0 Å². The van der Waals surface area contributed by atoms with E-state index in [-0.39, 0.29) is 17.0 Å². The molecular weight excluding hydrogens is 312 g/mol. The molecule has 0 aliphatic heterocycles. The van der Waals surface area contributed by atoms with Gasteiger partial charge >= 0.3 is 0 Å². The van der Waals surface area contributed by atoms with Gasteiger partial charge < -0.3 is 5.11 Å². The molecule has 25 heavy (non-hydrogen) atoms. The van der Waals surface area contributed by atoms with Crippen LogP contribution in [-0.2, 0) is 9.59 Å². The largest absolute Gasteiger partial charge is 0.386 e. The van der Waals surface area contributed by atoms with Gasteiger partial charge in [0.2, 0.25) is 0 Å². The van der Waals surface area contributed by atoms with Crippen molar-refractivity contribution in [2.75, 3.05) is 0 Å². The molecule has 0 aromatic rings. The molecule has 4 aliphatic rings. The average molecular weight is 342 g/mol. The Hall–Kier alpha value is -1.22. The Bertz CT molecular complexity index is 698. The predicted molar refractivity (Wildman–Crippen MR) is 96.9 cm³/mol. The van der Waals surface area contributed by atoms with Gasteiger partial charge in [-0.2, -0.15) is 0 Å². The molecule has 0 aromatic carbocycles. The zero-order chi connectivity index (χ0) is 18.0. The second-order valence-corrected chi connectivity index (χ2v) is 9.22. The zero-order valence-corrected chi connectivity index (χ0v) is 15.7. The summed E-state index contributed by atoms with van der Waals surface area (Å²) in [6, 6.07) is 0. The van der Waals surface area contributed by atoms with E-state index in [4.69, 9.17) is 0 Å². The van der Waals surface area contributed by atoms with Crippen molar-refractivity contribution in [1.82, 2.24) is 0 Å². The van der Waals surface area contributed by atoms with Crippen molar-refractivity contribution in [3.63, 3.8) is 0 Å². The molecule has 3 heteroatoms.